The highest BCUT2D eigenvalue weighted by Crippen LogP contribution is 2.84. The zero-order valence-electron chi connectivity index (χ0n) is 12.3. The molecule has 0 amide bonds. The van der Waals surface area contributed by atoms with Gasteiger partial charge in [0.1, 0.15) is 0 Å². The largest absolute Gasteiger partial charge is 0.0625 e. The molecule has 11 unspecified atom stereocenters. The van der Waals surface area contributed by atoms with E-state index < -0.39 is 0 Å². The van der Waals surface area contributed by atoms with E-state index in [0.717, 1.165) is 23.7 Å². The Hall–Kier alpha value is 0. The summed E-state index contributed by atoms with van der Waals surface area (Å²) in [6, 6.07) is 0. The number of hydrogen-bond acceptors (Lipinski definition) is 0. The Balaban J connectivity index is 1.41. The van der Waals surface area contributed by atoms with Gasteiger partial charge in [-0.05, 0) is 77.4 Å². The number of hydrogen-bond donors (Lipinski definition) is 0. The average molecular weight is 244 g/mol. The topological polar surface area (TPSA) is 0 Å². The van der Waals surface area contributed by atoms with Gasteiger partial charge < -0.3 is 0 Å². The quantitative estimate of drug-likeness (QED) is 0.603. The van der Waals surface area contributed by atoms with Crippen molar-refractivity contribution in [2.24, 2.45) is 71.0 Å². The summed E-state index contributed by atoms with van der Waals surface area (Å²) in [6.07, 6.45) is 3.15. The van der Waals surface area contributed by atoms with Crippen LogP contribution in [0.1, 0.15) is 40.5 Å². The van der Waals surface area contributed by atoms with Crippen LogP contribution < -0.4 is 0 Å². The fourth-order valence-electron chi connectivity index (χ4n) is 8.32. The van der Waals surface area contributed by atoms with Gasteiger partial charge in [-0.15, -0.1) is 0 Å². The minimum atomic E-state index is 0.943. The predicted octanol–water partition coefficient (Wildman–Crippen LogP) is 4.31. The second kappa shape index (κ2) is 3.01. The van der Waals surface area contributed by atoms with Crippen LogP contribution in [-0.2, 0) is 0 Å². The minimum Gasteiger partial charge on any atom is -0.0625 e. The summed E-state index contributed by atoms with van der Waals surface area (Å²) >= 11 is 0. The maximum absolute atomic E-state index is 2.57. The van der Waals surface area contributed by atoms with E-state index in [4.69, 9.17) is 0 Å². The summed E-state index contributed by atoms with van der Waals surface area (Å²) in [5.74, 6) is 13.8. The summed E-state index contributed by atoms with van der Waals surface area (Å²) in [4.78, 5) is 0. The van der Waals surface area contributed by atoms with Crippen molar-refractivity contribution >= 4 is 0 Å². The molecule has 0 saturated heterocycles. The Labute approximate surface area is 112 Å². The van der Waals surface area contributed by atoms with E-state index in [1.54, 1.807) is 12.8 Å². The molecule has 0 spiro atoms. The molecular weight excluding hydrogens is 216 g/mol. The molecule has 0 aliphatic heterocycles. The summed E-state index contributed by atoms with van der Waals surface area (Å²) in [7, 11) is 0. The highest BCUT2D eigenvalue weighted by atomic mass is 14.8. The SMILES string of the molecule is CC(C)C1C(C)C2C1C1C3C4C(C)CCC4C3C21. The van der Waals surface area contributed by atoms with E-state index in [1.165, 1.54) is 47.3 Å². The van der Waals surface area contributed by atoms with Crippen molar-refractivity contribution in [3.63, 3.8) is 0 Å². The van der Waals surface area contributed by atoms with E-state index in [-0.39, 0.29) is 0 Å². The fourth-order valence-corrected chi connectivity index (χ4v) is 8.32. The van der Waals surface area contributed by atoms with Crippen molar-refractivity contribution in [1.82, 2.24) is 0 Å². The van der Waals surface area contributed by atoms with Crippen molar-refractivity contribution in [1.29, 1.82) is 0 Å². The molecule has 0 heteroatoms. The highest BCUT2D eigenvalue weighted by Gasteiger charge is 2.81. The monoisotopic (exact) mass is 244 g/mol. The minimum absolute atomic E-state index is 0.943. The smallest absolute Gasteiger partial charge is 0.0312 e. The molecule has 0 bridgehead atoms. The Morgan fingerprint density at radius 3 is 2.11 bits per heavy atom. The lowest BCUT2D eigenvalue weighted by atomic mass is 9.20. The lowest BCUT2D eigenvalue weighted by Crippen LogP contribution is -2.81. The zero-order valence-corrected chi connectivity index (χ0v) is 12.3. The second-order valence-electron chi connectivity index (χ2n) is 8.94. The molecule has 100 valence electrons. The molecule has 5 aliphatic carbocycles. The van der Waals surface area contributed by atoms with E-state index in [1.807, 2.05) is 0 Å². The van der Waals surface area contributed by atoms with Gasteiger partial charge in [0, 0.05) is 0 Å². The summed E-state index contributed by atoms with van der Waals surface area (Å²) in [6.45, 7) is 10.1. The van der Waals surface area contributed by atoms with E-state index in [9.17, 15) is 0 Å². The third-order valence-corrected chi connectivity index (χ3v) is 8.59. The van der Waals surface area contributed by atoms with Crippen LogP contribution in [0, 0.1) is 71.0 Å². The first kappa shape index (κ1) is 10.7. The van der Waals surface area contributed by atoms with E-state index in [0.29, 0.717) is 0 Å². The van der Waals surface area contributed by atoms with Crippen LogP contribution in [0.4, 0.5) is 0 Å². The third-order valence-electron chi connectivity index (χ3n) is 8.59. The van der Waals surface area contributed by atoms with Crippen molar-refractivity contribution in [2.45, 2.75) is 40.5 Å². The molecule has 18 heavy (non-hydrogen) atoms. The molecule has 11 atom stereocenters. The second-order valence-corrected chi connectivity index (χ2v) is 8.94. The van der Waals surface area contributed by atoms with Crippen molar-refractivity contribution < 1.29 is 0 Å². The first-order valence-electron chi connectivity index (χ1n) is 8.63. The van der Waals surface area contributed by atoms with Crippen LogP contribution in [-0.4, -0.2) is 0 Å². The Bertz CT molecular complexity index is 393. The Morgan fingerprint density at radius 1 is 0.722 bits per heavy atom. The molecule has 0 aromatic rings. The molecule has 0 aromatic heterocycles. The molecule has 0 aromatic carbocycles. The van der Waals surface area contributed by atoms with Gasteiger partial charge in [0.15, 0.2) is 0 Å². The van der Waals surface area contributed by atoms with Crippen LogP contribution in [0.5, 0.6) is 0 Å². The Morgan fingerprint density at radius 2 is 1.39 bits per heavy atom. The summed E-state index contributed by atoms with van der Waals surface area (Å²) in [5.41, 5.74) is 0. The van der Waals surface area contributed by atoms with Crippen molar-refractivity contribution in [2.75, 3.05) is 0 Å². The molecule has 5 rings (SSSR count). The highest BCUT2D eigenvalue weighted by molar-refractivity contribution is 5.27. The standard InChI is InChI=1S/C18H28/c1-7(2)11-9(4)13-15(11)18-16-12-8(3)5-6-10(12)14(16)17(13)18/h7-18H,5-6H2,1-4H3. The molecular formula is C18H28. The number of fused-ring (bicyclic) bond motifs is 10. The molecule has 0 nitrogen and oxygen atoms in total. The third kappa shape index (κ3) is 0.852. The van der Waals surface area contributed by atoms with Crippen molar-refractivity contribution in [3.05, 3.63) is 0 Å². The summed E-state index contributed by atoms with van der Waals surface area (Å²) < 4.78 is 0. The normalized spacial score (nSPS) is 70.8. The lowest BCUT2D eigenvalue weighted by molar-refractivity contribution is -0.376. The van der Waals surface area contributed by atoms with Gasteiger partial charge in [-0.1, -0.05) is 34.1 Å². The molecule has 0 N–H and O–H groups in total. The van der Waals surface area contributed by atoms with Gasteiger partial charge in [-0.25, -0.2) is 0 Å². The number of rotatable bonds is 1. The van der Waals surface area contributed by atoms with Gasteiger partial charge in [0.2, 0.25) is 0 Å². The van der Waals surface area contributed by atoms with Crippen LogP contribution in [0.3, 0.4) is 0 Å². The molecule has 5 fully saturated rings. The summed E-state index contributed by atoms with van der Waals surface area (Å²) in [5, 5.41) is 0. The molecule has 0 radical (unpaired) electrons. The van der Waals surface area contributed by atoms with Gasteiger partial charge in [0.25, 0.3) is 0 Å². The van der Waals surface area contributed by atoms with Gasteiger partial charge >= 0.3 is 0 Å². The Kier molecular flexibility index (Phi) is 1.80. The van der Waals surface area contributed by atoms with Gasteiger partial charge in [-0.3, -0.25) is 0 Å². The van der Waals surface area contributed by atoms with Gasteiger partial charge in [0.05, 0.1) is 0 Å². The van der Waals surface area contributed by atoms with Crippen molar-refractivity contribution in [3.8, 4) is 0 Å². The maximum Gasteiger partial charge on any atom is -0.0312 e. The maximum atomic E-state index is 2.57. The van der Waals surface area contributed by atoms with Crippen LogP contribution in [0.2, 0.25) is 0 Å². The van der Waals surface area contributed by atoms with Crippen LogP contribution in [0.25, 0.3) is 0 Å². The fraction of sp³-hybridized carbons (Fsp3) is 1.00. The average Bonchev–Trinajstić information content (AvgIpc) is 2.57. The first-order chi connectivity index (χ1) is 8.63. The van der Waals surface area contributed by atoms with Crippen LogP contribution >= 0.6 is 0 Å². The molecule has 5 saturated carbocycles. The molecule has 0 heterocycles. The van der Waals surface area contributed by atoms with E-state index in [2.05, 4.69) is 27.7 Å². The molecule has 5 aliphatic rings. The predicted molar refractivity (Wildman–Crippen MR) is 73.8 cm³/mol. The van der Waals surface area contributed by atoms with E-state index >= 15 is 0 Å². The first-order valence-corrected chi connectivity index (χ1v) is 8.63. The zero-order chi connectivity index (χ0) is 12.3. The van der Waals surface area contributed by atoms with Crippen LogP contribution in [0.15, 0.2) is 0 Å². The van der Waals surface area contributed by atoms with Gasteiger partial charge in [-0.2, -0.15) is 0 Å². The lowest BCUT2D eigenvalue weighted by Gasteiger charge is -2.84.